The summed E-state index contributed by atoms with van der Waals surface area (Å²) in [4.78, 5) is 32.3. The van der Waals surface area contributed by atoms with Crippen molar-refractivity contribution >= 4 is 17.8 Å². The van der Waals surface area contributed by atoms with Crippen LogP contribution >= 0.6 is 0 Å². The van der Waals surface area contributed by atoms with Crippen molar-refractivity contribution in [1.29, 1.82) is 0 Å². The van der Waals surface area contributed by atoms with Gasteiger partial charge in [0.1, 0.15) is 0 Å². The summed E-state index contributed by atoms with van der Waals surface area (Å²) >= 11 is 0. The summed E-state index contributed by atoms with van der Waals surface area (Å²) in [6, 6.07) is 14.8. The fourth-order valence-electron chi connectivity index (χ4n) is 5.92. The van der Waals surface area contributed by atoms with E-state index in [-0.39, 0.29) is 23.5 Å². The van der Waals surface area contributed by atoms with Crippen molar-refractivity contribution in [1.82, 2.24) is 4.90 Å². The lowest BCUT2D eigenvalue weighted by Gasteiger charge is -2.45. The highest BCUT2D eigenvalue weighted by Gasteiger charge is 2.66. The zero-order valence-electron chi connectivity index (χ0n) is 18.1. The number of carbonyl (C=O) groups is 2. The van der Waals surface area contributed by atoms with Gasteiger partial charge >= 0.3 is 5.97 Å². The average molecular weight is 434 g/mol. The number of carboxylic acid groups (broad SMARTS) is 1. The number of guanidine groups is 1. The molecule has 1 amide bonds. The maximum absolute atomic E-state index is 14.2. The van der Waals surface area contributed by atoms with Gasteiger partial charge in [0.25, 0.3) is 5.91 Å². The number of hydrogen-bond donors (Lipinski definition) is 2. The normalized spacial score (nSPS) is 28.9. The minimum Gasteiger partial charge on any atom is -0.478 e. The van der Waals surface area contributed by atoms with Crippen LogP contribution in [0.5, 0.6) is 0 Å². The second kappa shape index (κ2) is 7.45. The number of rotatable bonds is 4. The molecule has 3 aliphatic rings. The summed E-state index contributed by atoms with van der Waals surface area (Å²) in [5.41, 5.74) is 7.56. The highest BCUT2D eigenvalue weighted by Crippen LogP contribution is 2.62. The Morgan fingerprint density at radius 1 is 1.22 bits per heavy atom. The highest BCUT2D eigenvalue weighted by atomic mass is 16.5. The molecule has 2 aromatic rings. The molecular weight excluding hydrogens is 406 g/mol. The molecule has 0 radical (unpaired) electrons. The van der Waals surface area contributed by atoms with Crippen LogP contribution < -0.4 is 5.73 Å². The molecule has 2 aliphatic carbocycles. The largest absolute Gasteiger partial charge is 0.478 e. The summed E-state index contributed by atoms with van der Waals surface area (Å²) in [5.74, 6) is -0.979. The van der Waals surface area contributed by atoms with Gasteiger partial charge in [-0.2, -0.15) is 0 Å². The van der Waals surface area contributed by atoms with E-state index >= 15 is 0 Å². The van der Waals surface area contributed by atoms with Crippen molar-refractivity contribution in [3.63, 3.8) is 0 Å². The first-order valence-corrected chi connectivity index (χ1v) is 11.0. The first-order chi connectivity index (χ1) is 15.4. The Bertz CT molecular complexity index is 1110. The highest BCUT2D eigenvalue weighted by molar-refractivity contribution is 6.08. The number of aliphatic imine (C=N–C) groups is 1. The Balaban J connectivity index is 1.62. The smallest absolute Gasteiger partial charge is 0.335 e. The molecule has 0 saturated heterocycles. The van der Waals surface area contributed by atoms with Gasteiger partial charge in [0.05, 0.1) is 18.2 Å². The summed E-state index contributed by atoms with van der Waals surface area (Å²) in [6.45, 7) is 0.335. The molecule has 2 spiro atoms. The average Bonchev–Trinajstić information content (AvgIpc) is 3.21. The van der Waals surface area contributed by atoms with Gasteiger partial charge < -0.3 is 15.6 Å². The fraction of sp³-hybridized carbons (Fsp3) is 0.400. The lowest BCUT2D eigenvalue weighted by Crippen LogP contribution is -2.52. The minimum atomic E-state index is -1.19. The van der Waals surface area contributed by atoms with Crippen LogP contribution in [0.3, 0.4) is 0 Å². The predicted molar refractivity (Wildman–Crippen MR) is 119 cm³/mol. The lowest BCUT2D eigenvalue weighted by atomic mass is 9.61. The molecule has 1 aliphatic heterocycles. The third-order valence-electron chi connectivity index (χ3n) is 7.56. The molecule has 1 saturated carbocycles. The van der Waals surface area contributed by atoms with Crippen molar-refractivity contribution in [2.45, 2.75) is 50.3 Å². The molecule has 0 bridgehead atoms. The number of aromatic carboxylic acids is 1. The molecule has 1 unspecified atom stereocenters. The van der Waals surface area contributed by atoms with Crippen LogP contribution in [0.1, 0.15) is 52.7 Å². The molecule has 3 N–H and O–H groups in total. The molecule has 2 aromatic carbocycles. The number of carbonyl (C=O) groups excluding carboxylic acids is 1. The number of carboxylic acids is 1. The van der Waals surface area contributed by atoms with Crippen LogP contribution in [-0.4, -0.2) is 41.1 Å². The molecule has 7 heteroatoms. The number of hydrogen-bond acceptors (Lipinski definition) is 5. The Kier molecular flexibility index (Phi) is 4.82. The van der Waals surface area contributed by atoms with Crippen LogP contribution in [0, 0.1) is 5.41 Å². The van der Waals surface area contributed by atoms with Crippen LogP contribution in [-0.2, 0) is 28.0 Å². The number of fused-ring (bicyclic) bond motifs is 3. The van der Waals surface area contributed by atoms with Gasteiger partial charge in [-0.1, -0.05) is 36.4 Å². The number of methoxy groups -OCH3 is 1. The molecule has 166 valence electrons. The zero-order chi connectivity index (χ0) is 22.5. The van der Waals surface area contributed by atoms with E-state index in [0.717, 1.165) is 36.8 Å². The van der Waals surface area contributed by atoms with Gasteiger partial charge in [0.15, 0.2) is 11.5 Å². The van der Waals surface area contributed by atoms with E-state index in [1.54, 1.807) is 24.1 Å². The first-order valence-electron chi connectivity index (χ1n) is 11.0. The SMILES string of the molecule is COC1CCC2(CC1)Cc1ccc(C(=O)O)cc1C21N=C(N)N(Cc2ccccc2)C1=O. The molecule has 5 rings (SSSR count). The number of ether oxygens (including phenoxy) is 1. The number of amides is 1. The predicted octanol–water partition coefficient (Wildman–Crippen LogP) is 3.07. The molecule has 1 atom stereocenters. The molecule has 1 heterocycles. The molecule has 32 heavy (non-hydrogen) atoms. The Hall–Kier alpha value is -3.19. The van der Waals surface area contributed by atoms with E-state index < -0.39 is 16.9 Å². The standard InChI is InChI=1S/C25H27N3O4/c1-32-19-9-11-24(12-10-19)14-18-8-7-17(21(29)30)13-20(18)25(24)22(31)28(23(26)27-25)15-16-5-3-2-4-6-16/h2-8,13,19H,9-12,14-15H2,1H3,(H2,26,27)(H,29,30). The van der Waals surface area contributed by atoms with Gasteiger partial charge in [-0.3, -0.25) is 9.69 Å². The Labute approximate surface area is 186 Å². The third-order valence-corrected chi connectivity index (χ3v) is 7.56. The van der Waals surface area contributed by atoms with Crippen LogP contribution in [0.15, 0.2) is 53.5 Å². The number of nitrogens with zero attached hydrogens (tertiary/aromatic N) is 2. The van der Waals surface area contributed by atoms with Crippen LogP contribution in [0.25, 0.3) is 0 Å². The van der Waals surface area contributed by atoms with E-state index in [1.807, 2.05) is 36.4 Å². The van der Waals surface area contributed by atoms with Gasteiger partial charge in [-0.25, -0.2) is 9.79 Å². The van der Waals surface area contributed by atoms with Crippen molar-refractivity contribution in [2.75, 3.05) is 7.11 Å². The van der Waals surface area contributed by atoms with E-state index in [2.05, 4.69) is 0 Å². The Morgan fingerprint density at radius 2 is 1.94 bits per heavy atom. The zero-order valence-corrected chi connectivity index (χ0v) is 18.1. The third kappa shape index (κ3) is 2.88. The summed E-state index contributed by atoms with van der Waals surface area (Å²) in [7, 11) is 1.72. The van der Waals surface area contributed by atoms with Crippen molar-refractivity contribution in [3.05, 3.63) is 70.8 Å². The molecule has 1 fully saturated rings. The minimum absolute atomic E-state index is 0.156. The van der Waals surface area contributed by atoms with Crippen molar-refractivity contribution in [3.8, 4) is 0 Å². The molecular formula is C25H27N3O4. The lowest BCUT2D eigenvalue weighted by molar-refractivity contribution is -0.138. The van der Waals surface area contributed by atoms with E-state index in [1.165, 1.54) is 0 Å². The van der Waals surface area contributed by atoms with Gasteiger partial charge in [0, 0.05) is 12.5 Å². The number of nitrogens with two attached hydrogens (primary N) is 1. The second-order valence-electron chi connectivity index (χ2n) is 9.13. The van der Waals surface area contributed by atoms with Crippen molar-refractivity contribution < 1.29 is 19.4 Å². The van der Waals surface area contributed by atoms with Crippen LogP contribution in [0.4, 0.5) is 0 Å². The Morgan fingerprint density at radius 3 is 2.59 bits per heavy atom. The summed E-state index contributed by atoms with van der Waals surface area (Å²) in [6.07, 6.45) is 4.04. The second-order valence-corrected chi connectivity index (χ2v) is 9.13. The van der Waals surface area contributed by atoms with Gasteiger partial charge in [-0.15, -0.1) is 0 Å². The van der Waals surface area contributed by atoms with Gasteiger partial charge in [0.2, 0.25) is 0 Å². The monoisotopic (exact) mass is 433 g/mol. The first kappa shape index (κ1) is 20.7. The van der Waals surface area contributed by atoms with E-state index in [0.29, 0.717) is 18.5 Å². The maximum Gasteiger partial charge on any atom is 0.335 e. The quantitative estimate of drug-likeness (QED) is 0.771. The maximum atomic E-state index is 14.2. The molecule has 7 nitrogen and oxygen atoms in total. The van der Waals surface area contributed by atoms with Crippen molar-refractivity contribution in [2.24, 2.45) is 16.1 Å². The fourth-order valence-corrected chi connectivity index (χ4v) is 5.92. The van der Waals surface area contributed by atoms with Crippen LogP contribution in [0.2, 0.25) is 0 Å². The summed E-state index contributed by atoms with van der Waals surface area (Å²) < 4.78 is 5.59. The van der Waals surface area contributed by atoms with Gasteiger partial charge in [-0.05, 0) is 60.9 Å². The van der Waals surface area contributed by atoms with E-state index in [9.17, 15) is 14.7 Å². The topological polar surface area (TPSA) is 105 Å². The summed E-state index contributed by atoms with van der Waals surface area (Å²) in [5, 5.41) is 9.61. The molecule has 0 aromatic heterocycles. The number of benzene rings is 2. The van der Waals surface area contributed by atoms with E-state index in [4.69, 9.17) is 15.5 Å².